The summed E-state index contributed by atoms with van der Waals surface area (Å²) >= 11 is 4.55. The van der Waals surface area contributed by atoms with Crippen molar-refractivity contribution >= 4 is 39.0 Å². The third-order valence-electron chi connectivity index (χ3n) is 2.36. The molecule has 5 heteroatoms. The lowest BCUT2D eigenvalue weighted by molar-refractivity contribution is -0.136. The summed E-state index contributed by atoms with van der Waals surface area (Å²) in [6.45, 7) is 0. The van der Waals surface area contributed by atoms with Gasteiger partial charge in [-0.25, -0.2) is 0 Å². The molecule has 3 nitrogen and oxygen atoms in total. The van der Waals surface area contributed by atoms with Crippen molar-refractivity contribution in [2.24, 2.45) is 0 Å². The van der Waals surface area contributed by atoms with Crippen LogP contribution < -0.4 is 0 Å². The van der Waals surface area contributed by atoms with Gasteiger partial charge in [-0.15, -0.1) is 11.3 Å². The summed E-state index contributed by atoms with van der Waals surface area (Å²) in [5, 5.41) is 8.76. The Balaban J connectivity index is 2.30. The first kappa shape index (κ1) is 13.0. The number of carboxylic acid groups (broad SMARTS) is 1. The molecule has 92 valence electrons. The first-order valence-corrected chi connectivity index (χ1v) is 6.78. The minimum absolute atomic E-state index is 0.0842. The van der Waals surface area contributed by atoms with Crippen molar-refractivity contribution < 1.29 is 14.7 Å². The number of rotatable bonds is 4. The van der Waals surface area contributed by atoms with Crippen molar-refractivity contribution in [1.82, 2.24) is 0 Å². The van der Waals surface area contributed by atoms with E-state index in [1.807, 2.05) is 6.07 Å². The summed E-state index contributed by atoms with van der Waals surface area (Å²) in [5.41, 5.74) is 1.24. The lowest BCUT2D eigenvalue weighted by Crippen LogP contribution is -2.00. The van der Waals surface area contributed by atoms with Gasteiger partial charge in [-0.3, -0.25) is 9.59 Å². The first-order chi connectivity index (χ1) is 8.58. The number of halogens is 1. The van der Waals surface area contributed by atoms with Crippen LogP contribution in [-0.4, -0.2) is 16.9 Å². The van der Waals surface area contributed by atoms with Crippen LogP contribution in [0.4, 0.5) is 0 Å². The van der Waals surface area contributed by atoms with Gasteiger partial charge in [-0.1, -0.05) is 30.3 Å². The number of thiophene rings is 1. The fraction of sp³-hybridized carbons (Fsp3) is 0.0769. The molecule has 0 bridgehead atoms. The molecule has 1 aromatic carbocycles. The summed E-state index contributed by atoms with van der Waals surface area (Å²) < 4.78 is 0.698. The summed E-state index contributed by atoms with van der Waals surface area (Å²) in [7, 11) is 0. The van der Waals surface area contributed by atoms with Gasteiger partial charge < -0.3 is 5.11 Å². The standard InChI is InChI=1S/C13H9BrO3S/c14-13-9(7-11(15)16)6-10(18-13)12(17)8-4-2-1-3-5-8/h1-6H,7H2,(H,15,16). The Hall–Kier alpha value is -1.46. The quantitative estimate of drug-likeness (QED) is 0.877. The fourth-order valence-corrected chi connectivity index (χ4v) is 3.18. The lowest BCUT2D eigenvalue weighted by atomic mass is 10.1. The van der Waals surface area contributed by atoms with E-state index in [2.05, 4.69) is 15.9 Å². The highest BCUT2D eigenvalue weighted by Gasteiger charge is 2.16. The van der Waals surface area contributed by atoms with Gasteiger partial charge in [0.2, 0.25) is 5.78 Å². The van der Waals surface area contributed by atoms with Crippen molar-refractivity contribution in [1.29, 1.82) is 0 Å². The first-order valence-electron chi connectivity index (χ1n) is 5.17. The number of aliphatic carboxylic acids is 1. The van der Waals surface area contributed by atoms with Crippen molar-refractivity contribution in [3.05, 3.63) is 56.2 Å². The molecule has 2 aromatic rings. The van der Waals surface area contributed by atoms with E-state index in [9.17, 15) is 9.59 Å². The molecule has 0 radical (unpaired) electrons. The Morgan fingerprint density at radius 2 is 1.89 bits per heavy atom. The van der Waals surface area contributed by atoms with Crippen LogP contribution in [0.15, 0.2) is 40.2 Å². The Labute approximate surface area is 116 Å². The summed E-state index contributed by atoms with van der Waals surface area (Å²) in [6.07, 6.45) is -0.0842. The highest BCUT2D eigenvalue weighted by molar-refractivity contribution is 9.11. The van der Waals surface area contributed by atoms with Crippen LogP contribution in [0.25, 0.3) is 0 Å². The van der Waals surface area contributed by atoms with Gasteiger partial charge in [-0.2, -0.15) is 0 Å². The predicted molar refractivity (Wildman–Crippen MR) is 73.2 cm³/mol. The molecule has 0 atom stereocenters. The molecule has 0 aliphatic carbocycles. The van der Waals surface area contributed by atoms with Gasteiger partial charge in [0.1, 0.15) is 0 Å². The minimum atomic E-state index is -0.910. The van der Waals surface area contributed by atoms with Crippen LogP contribution in [0.2, 0.25) is 0 Å². The maximum absolute atomic E-state index is 12.1. The smallest absolute Gasteiger partial charge is 0.307 e. The predicted octanol–water partition coefficient (Wildman–Crippen LogP) is 3.37. The average molecular weight is 325 g/mol. The Kier molecular flexibility index (Phi) is 3.93. The number of carboxylic acids is 1. The third-order valence-corrected chi connectivity index (χ3v) is 4.32. The van der Waals surface area contributed by atoms with Crippen LogP contribution in [0.1, 0.15) is 20.8 Å². The highest BCUT2D eigenvalue weighted by atomic mass is 79.9. The van der Waals surface area contributed by atoms with Crippen LogP contribution >= 0.6 is 27.3 Å². The number of hydrogen-bond donors (Lipinski definition) is 1. The SMILES string of the molecule is O=C(O)Cc1cc(C(=O)c2ccccc2)sc1Br. The zero-order chi connectivity index (χ0) is 13.1. The average Bonchev–Trinajstić information content (AvgIpc) is 2.70. The van der Waals surface area contributed by atoms with E-state index in [0.29, 0.717) is 19.8 Å². The number of ketones is 1. The van der Waals surface area contributed by atoms with Crippen LogP contribution in [0.5, 0.6) is 0 Å². The van der Waals surface area contributed by atoms with E-state index in [1.165, 1.54) is 11.3 Å². The molecule has 1 aromatic heterocycles. The second-order valence-electron chi connectivity index (χ2n) is 3.68. The van der Waals surface area contributed by atoms with Gasteiger partial charge in [0, 0.05) is 5.56 Å². The van der Waals surface area contributed by atoms with Gasteiger partial charge in [0.15, 0.2) is 0 Å². The molecule has 0 aliphatic rings. The molecule has 18 heavy (non-hydrogen) atoms. The number of benzene rings is 1. The Morgan fingerprint density at radius 3 is 2.50 bits per heavy atom. The van der Waals surface area contributed by atoms with Crippen molar-refractivity contribution in [2.75, 3.05) is 0 Å². The number of hydrogen-bond acceptors (Lipinski definition) is 3. The van der Waals surface area contributed by atoms with E-state index in [1.54, 1.807) is 30.3 Å². The van der Waals surface area contributed by atoms with E-state index in [-0.39, 0.29) is 12.2 Å². The molecule has 2 rings (SSSR count). The highest BCUT2D eigenvalue weighted by Crippen LogP contribution is 2.30. The van der Waals surface area contributed by atoms with Crippen LogP contribution in [0, 0.1) is 0 Å². The van der Waals surface area contributed by atoms with Crippen molar-refractivity contribution in [2.45, 2.75) is 6.42 Å². The number of carbonyl (C=O) groups is 2. The van der Waals surface area contributed by atoms with E-state index in [0.717, 1.165) is 0 Å². The minimum Gasteiger partial charge on any atom is -0.481 e. The second-order valence-corrected chi connectivity index (χ2v) is 6.05. The maximum atomic E-state index is 12.1. The monoisotopic (exact) mass is 324 g/mol. The molecular weight excluding hydrogens is 316 g/mol. The molecule has 0 unspecified atom stereocenters. The lowest BCUT2D eigenvalue weighted by Gasteiger charge is -1.96. The third kappa shape index (κ3) is 2.86. The maximum Gasteiger partial charge on any atom is 0.307 e. The van der Waals surface area contributed by atoms with Crippen molar-refractivity contribution in [3.63, 3.8) is 0 Å². The molecule has 1 heterocycles. The topological polar surface area (TPSA) is 54.4 Å². The molecule has 0 saturated heterocycles. The molecule has 0 amide bonds. The molecule has 0 saturated carbocycles. The van der Waals surface area contributed by atoms with E-state index in [4.69, 9.17) is 5.11 Å². The van der Waals surface area contributed by atoms with Gasteiger partial charge >= 0.3 is 5.97 Å². The van der Waals surface area contributed by atoms with Gasteiger partial charge in [0.25, 0.3) is 0 Å². The van der Waals surface area contributed by atoms with Crippen molar-refractivity contribution in [3.8, 4) is 0 Å². The molecular formula is C13H9BrO3S. The van der Waals surface area contributed by atoms with Crippen LogP contribution in [-0.2, 0) is 11.2 Å². The van der Waals surface area contributed by atoms with E-state index >= 15 is 0 Å². The van der Waals surface area contributed by atoms with Gasteiger partial charge in [-0.05, 0) is 27.6 Å². The van der Waals surface area contributed by atoms with Gasteiger partial charge in [0.05, 0.1) is 15.1 Å². The fourth-order valence-electron chi connectivity index (χ4n) is 1.53. The molecule has 1 N–H and O–H groups in total. The number of carbonyl (C=O) groups excluding carboxylic acids is 1. The summed E-state index contributed by atoms with van der Waals surface area (Å²) in [5.74, 6) is -0.995. The zero-order valence-electron chi connectivity index (χ0n) is 9.22. The molecule has 0 aliphatic heterocycles. The Bertz CT molecular complexity index is 590. The normalized spacial score (nSPS) is 10.3. The molecule has 0 fully saturated rings. The Morgan fingerprint density at radius 1 is 1.22 bits per heavy atom. The van der Waals surface area contributed by atoms with E-state index < -0.39 is 5.97 Å². The summed E-state index contributed by atoms with van der Waals surface area (Å²) in [6, 6.07) is 10.6. The zero-order valence-corrected chi connectivity index (χ0v) is 11.6. The van der Waals surface area contributed by atoms with Crippen LogP contribution in [0.3, 0.4) is 0 Å². The molecule has 0 spiro atoms. The summed E-state index contributed by atoms with van der Waals surface area (Å²) in [4.78, 5) is 23.4. The second kappa shape index (κ2) is 5.46. The largest absolute Gasteiger partial charge is 0.481 e.